The minimum atomic E-state index is -4.18. The summed E-state index contributed by atoms with van der Waals surface area (Å²) in [5.74, 6) is -1.73. The molecule has 1 aromatic rings. The Kier molecular flexibility index (Phi) is 4.23. The van der Waals surface area contributed by atoms with Crippen molar-refractivity contribution < 1.29 is 22.4 Å². The molecule has 1 N–H and O–H groups in total. The third-order valence-electron chi connectivity index (χ3n) is 3.33. The molecule has 7 heteroatoms. The topological polar surface area (TPSA) is 42.2 Å². The Morgan fingerprint density at radius 2 is 2.16 bits per heavy atom. The largest absolute Gasteiger partial charge is 0.457 e. The first kappa shape index (κ1) is 14.4. The predicted octanol–water partition coefficient (Wildman–Crippen LogP) is 3.89. The van der Waals surface area contributed by atoms with Gasteiger partial charge in [-0.05, 0) is 41.3 Å². The quantitative estimate of drug-likeness (QED) is 0.887. The van der Waals surface area contributed by atoms with E-state index in [2.05, 4.69) is 21.2 Å². The van der Waals surface area contributed by atoms with Crippen molar-refractivity contribution in [1.82, 2.24) is 5.32 Å². The molecule has 1 fully saturated rings. The van der Waals surface area contributed by atoms with Gasteiger partial charge in [0.25, 0.3) is 5.91 Å². The van der Waals surface area contributed by atoms with Crippen LogP contribution in [0.3, 0.4) is 0 Å². The Hall–Kier alpha value is -0.980. The third kappa shape index (κ3) is 3.52. The zero-order valence-corrected chi connectivity index (χ0v) is 11.6. The summed E-state index contributed by atoms with van der Waals surface area (Å²) >= 11 is 3.07. The smallest absolute Gasteiger partial charge is 0.391 e. The minimum absolute atomic E-state index is 0.0509. The molecule has 2 rings (SSSR count). The number of carbonyl (C=O) groups is 1. The van der Waals surface area contributed by atoms with Crippen LogP contribution in [0.5, 0.6) is 0 Å². The van der Waals surface area contributed by atoms with Crippen LogP contribution in [0.1, 0.15) is 36.0 Å². The number of alkyl halides is 3. The summed E-state index contributed by atoms with van der Waals surface area (Å²) in [6.07, 6.45) is -1.69. The molecule has 0 aromatic carbocycles. The van der Waals surface area contributed by atoms with Crippen LogP contribution in [0.4, 0.5) is 13.2 Å². The Morgan fingerprint density at radius 3 is 2.74 bits per heavy atom. The van der Waals surface area contributed by atoms with Gasteiger partial charge >= 0.3 is 6.18 Å². The lowest BCUT2D eigenvalue weighted by Gasteiger charge is -2.30. The highest BCUT2D eigenvalue weighted by atomic mass is 79.9. The van der Waals surface area contributed by atoms with Crippen LogP contribution in [0.25, 0.3) is 0 Å². The van der Waals surface area contributed by atoms with Crippen LogP contribution < -0.4 is 5.32 Å². The SMILES string of the molecule is O=C(NC1CCCC(C(F)(F)F)C1)c1ccoc1Br. The van der Waals surface area contributed by atoms with E-state index in [1.54, 1.807) is 0 Å². The van der Waals surface area contributed by atoms with Crippen molar-refractivity contribution in [2.24, 2.45) is 5.92 Å². The Bertz CT molecular complexity index is 458. The molecule has 0 aliphatic heterocycles. The molecule has 19 heavy (non-hydrogen) atoms. The molecular weight excluding hydrogens is 327 g/mol. The van der Waals surface area contributed by atoms with E-state index in [1.807, 2.05) is 0 Å². The second kappa shape index (κ2) is 5.56. The van der Waals surface area contributed by atoms with Gasteiger partial charge in [0.1, 0.15) is 0 Å². The fourth-order valence-electron chi connectivity index (χ4n) is 2.34. The van der Waals surface area contributed by atoms with Crippen LogP contribution in [-0.2, 0) is 0 Å². The van der Waals surface area contributed by atoms with E-state index in [4.69, 9.17) is 4.42 Å². The van der Waals surface area contributed by atoms with Crippen molar-refractivity contribution in [2.45, 2.75) is 37.9 Å². The molecule has 1 heterocycles. The molecule has 2 unspecified atom stereocenters. The minimum Gasteiger partial charge on any atom is -0.457 e. The number of rotatable bonds is 2. The Labute approximate surface area is 116 Å². The van der Waals surface area contributed by atoms with Crippen molar-refractivity contribution in [1.29, 1.82) is 0 Å². The van der Waals surface area contributed by atoms with Crippen molar-refractivity contribution in [2.75, 3.05) is 0 Å². The summed E-state index contributed by atoms with van der Waals surface area (Å²) in [5.41, 5.74) is 0.300. The average Bonchev–Trinajstić information content (AvgIpc) is 2.75. The molecule has 1 saturated carbocycles. The van der Waals surface area contributed by atoms with Gasteiger partial charge in [-0.2, -0.15) is 13.2 Å². The number of carbonyl (C=O) groups excluding carboxylic acids is 1. The standard InChI is InChI=1S/C12H13BrF3NO2/c13-10-9(4-5-19-10)11(18)17-8-3-1-2-7(6-8)12(14,15)16/h4-5,7-8H,1-3,6H2,(H,17,18). The van der Waals surface area contributed by atoms with Crippen LogP contribution >= 0.6 is 15.9 Å². The summed E-state index contributed by atoms with van der Waals surface area (Å²) in [5, 5.41) is 2.64. The number of hydrogen-bond acceptors (Lipinski definition) is 2. The van der Waals surface area contributed by atoms with Crippen molar-refractivity contribution in [3.63, 3.8) is 0 Å². The van der Waals surface area contributed by atoms with Gasteiger partial charge in [-0.25, -0.2) is 0 Å². The van der Waals surface area contributed by atoms with Crippen molar-refractivity contribution >= 4 is 21.8 Å². The van der Waals surface area contributed by atoms with Crippen LogP contribution in [0.15, 0.2) is 21.4 Å². The second-order valence-corrected chi connectivity index (χ2v) is 5.40. The molecule has 1 aromatic heterocycles. The van der Waals surface area contributed by atoms with Crippen molar-refractivity contribution in [3.8, 4) is 0 Å². The maximum Gasteiger partial charge on any atom is 0.391 e. The van der Waals surface area contributed by atoms with E-state index in [9.17, 15) is 18.0 Å². The molecule has 0 bridgehead atoms. The molecule has 0 saturated heterocycles. The normalized spacial score (nSPS) is 24.2. The first-order valence-electron chi connectivity index (χ1n) is 5.98. The molecule has 0 spiro atoms. The number of amides is 1. The van der Waals surface area contributed by atoms with Crippen LogP contribution in [0.2, 0.25) is 0 Å². The summed E-state index contributed by atoms with van der Waals surface area (Å²) < 4.78 is 43.2. The summed E-state index contributed by atoms with van der Waals surface area (Å²) in [6.45, 7) is 0. The molecule has 1 aliphatic rings. The lowest BCUT2D eigenvalue weighted by atomic mass is 9.85. The maximum atomic E-state index is 12.7. The van der Waals surface area contributed by atoms with Crippen LogP contribution in [0, 0.1) is 5.92 Å². The Balaban J connectivity index is 1.96. The number of hydrogen-bond donors (Lipinski definition) is 1. The molecule has 1 aliphatic carbocycles. The number of furan rings is 1. The van der Waals surface area contributed by atoms with E-state index in [0.29, 0.717) is 18.4 Å². The first-order valence-corrected chi connectivity index (χ1v) is 6.78. The van der Waals surface area contributed by atoms with Gasteiger partial charge in [-0.15, -0.1) is 0 Å². The van der Waals surface area contributed by atoms with Gasteiger partial charge in [0, 0.05) is 6.04 Å². The predicted molar refractivity (Wildman–Crippen MR) is 65.7 cm³/mol. The van der Waals surface area contributed by atoms with Gasteiger partial charge in [0.15, 0.2) is 4.67 Å². The molecule has 2 atom stereocenters. The molecule has 1 amide bonds. The lowest BCUT2D eigenvalue weighted by molar-refractivity contribution is -0.183. The molecular formula is C12H13BrF3NO2. The Morgan fingerprint density at radius 1 is 1.42 bits per heavy atom. The second-order valence-electron chi connectivity index (χ2n) is 4.68. The van der Waals surface area contributed by atoms with E-state index in [-0.39, 0.29) is 17.5 Å². The summed E-state index contributed by atoms with van der Waals surface area (Å²) in [4.78, 5) is 11.9. The first-order chi connectivity index (χ1) is 8.88. The summed E-state index contributed by atoms with van der Waals surface area (Å²) in [7, 11) is 0. The molecule has 0 radical (unpaired) electrons. The summed E-state index contributed by atoms with van der Waals surface area (Å²) in [6, 6.07) is 1.04. The van der Waals surface area contributed by atoms with Gasteiger partial charge < -0.3 is 9.73 Å². The molecule has 3 nitrogen and oxygen atoms in total. The number of halogens is 4. The fourth-order valence-corrected chi connectivity index (χ4v) is 2.76. The van der Waals surface area contributed by atoms with E-state index in [1.165, 1.54) is 12.3 Å². The van der Waals surface area contributed by atoms with Crippen LogP contribution in [-0.4, -0.2) is 18.1 Å². The van der Waals surface area contributed by atoms with Gasteiger partial charge in [0.05, 0.1) is 17.7 Å². The highest BCUT2D eigenvalue weighted by Gasteiger charge is 2.42. The average molecular weight is 340 g/mol. The zero-order chi connectivity index (χ0) is 14.0. The van der Waals surface area contributed by atoms with E-state index in [0.717, 1.165) is 0 Å². The van der Waals surface area contributed by atoms with Gasteiger partial charge in [-0.1, -0.05) is 6.42 Å². The third-order valence-corrected chi connectivity index (χ3v) is 3.95. The highest BCUT2D eigenvalue weighted by Crippen LogP contribution is 2.37. The van der Waals surface area contributed by atoms with Crippen molar-refractivity contribution in [3.05, 3.63) is 22.6 Å². The van der Waals surface area contributed by atoms with Gasteiger partial charge in [0.2, 0.25) is 0 Å². The van der Waals surface area contributed by atoms with E-state index >= 15 is 0 Å². The monoisotopic (exact) mass is 339 g/mol. The number of nitrogens with one attached hydrogen (secondary N) is 1. The van der Waals surface area contributed by atoms with Gasteiger partial charge in [-0.3, -0.25) is 4.79 Å². The zero-order valence-electron chi connectivity index (χ0n) is 9.97. The lowest BCUT2D eigenvalue weighted by Crippen LogP contribution is -2.41. The molecule has 106 valence electrons. The highest BCUT2D eigenvalue weighted by molar-refractivity contribution is 9.10. The fraction of sp³-hybridized carbons (Fsp3) is 0.583. The maximum absolute atomic E-state index is 12.7. The van der Waals surface area contributed by atoms with E-state index < -0.39 is 24.0 Å².